The van der Waals surface area contributed by atoms with E-state index in [9.17, 15) is 0 Å². The third-order valence-corrected chi connectivity index (χ3v) is 3.81. The molecule has 1 rings (SSSR count). The van der Waals surface area contributed by atoms with Crippen molar-refractivity contribution in [3.05, 3.63) is 0 Å². The van der Waals surface area contributed by atoms with E-state index in [4.69, 9.17) is 5.73 Å². The summed E-state index contributed by atoms with van der Waals surface area (Å²) >= 11 is 0. The van der Waals surface area contributed by atoms with Gasteiger partial charge in [-0.25, -0.2) is 0 Å². The van der Waals surface area contributed by atoms with Gasteiger partial charge in [0.1, 0.15) is 0 Å². The van der Waals surface area contributed by atoms with Gasteiger partial charge in [-0.15, -0.1) is 0 Å². The maximum absolute atomic E-state index is 5.84. The van der Waals surface area contributed by atoms with E-state index in [2.05, 4.69) is 32.7 Å². The average Bonchev–Trinajstić information content (AvgIpc) is 2.08. The Hall–Kier alpha value is -0.0800. The summed E-state index contributed by atoms with van der Waals surface area (Å²) in [6.07, 6.45) is 4.15. The smallest absolute Gasteiger partial charge is 0.0139 e. The van der Waals surface area contributed by atoms with Crippen molar-refractivity contribution < 1.29 is 0 Å². The van der Waals surface area contributed by atoms with Crippen LogP contribution in [0.15, 0.2) is 0 Å². The second-order valence-electron chi connectivity index (χ2n) is 5.25. The Morgan fingerprint density at radius 2 is 2.00 bits per heavy atom. The van der Waals surface area contributed by atoms with Crippen molar-refractivity contribution in [1.82, 2.24) is 4.90 Å². The molecule has 4 unspecified atom stereocenters. The summed E-state index contributed by atoms with van der Waals surface area (Å²) in [7, 11) is 2.22. The van der Waals surface area contributed by atoms with Gasteiger partial charge in [0.2, 0.25) is 0 Å². The average molecular weight is 198 g/mol. The van der Waals surface area contributed by atoms with E-state index < -0.39 is 0 Å². The second kappa shape index (κ2) is 5.13. The van der Waals surface area contributed by atoms with Gasteiger partial charge in [0, 0.05) is 18.6 Å². The molecule has 2 N–H and O–H groups in total. The van der Waals surface area contributed by atoms with Crippen molar-refractivity contribution in [3.8, 4) is 0 Å². The number of rotatable bonds is 3. The van der Waals surface area contributed by atoms with Crippen LogP contribution in [-0.2, 0) is 0 Å². The topological polar surface area (TPSA) is 29.3 Å². The second-order valence-corrected chi connectivity index (χ2v) is 5.25. The van der Waals surface area contributed by atoms with Crippen LogP contribution in [-0.4, -0.2) is 30.6 Å². The molecule has 0 bridgehead atoms. The molecule has 0 aromatic carbocycles. The molecule has 0 aromatic heterocycles. The highest BCUT2D eigenvalue weighted by molar-refractivity contribution is 4.83. The van der Waals surface area contributed by atoms with E-state index in [1.54, 1.807) is 0 Å². The van der Waals surface area contributed by atoms with E-state index >= 15 is 0 Å². The lowest BCUT2D eigenvalue weighted by atomic mass is 9.77. The van der Waals surface area contributed by atoms with Gasteiger partial charge in [0.15, 0.2) is 0 Å². The minimum Gasteiger partial charge on any atom is -0.327 e. The van der Waals surface area contributed by atoms with Gasteiger partial charge in [-0.2, -0.15) is 0 Å². The maximum atomic E-state index is 5.84. The molecule has 0 aromatic rings. The third kappa shape index (κ3) is 2.96. The summed E-state index contributed by atoms with van der Waals surface area (Å²) in [6, 6.07) is 1.05. The predicted octanol–water partition coefficient (Wildman–Crippen LogP) is 2.09. The Kier molecular flexibility index (Phi) is 4.39. The Morgan fingerprint density at radius 1 is 1.36 bits per heavy atom. The summed E-state index contributed by atoms with van der Waals surface area (Å²) in [4.78, 5) is 2.46. The van der Waals surface area contributed by atoms with Crippen molar-refractivity contribution in [2.75, 3.05) is 13.6 Å². The first kappa shape index (κ1) is 12.0. The van der Waals surface area contributed by atoms with Crippen LogP contribution < -0.4 is 5.73 Å². The van der Waals surface area contributed by atoms with Crippen LogP contribution in [0.3, 0.4) is 0 Å². The number of nitrogens with two attached hydrogens (primary N) is 1. The molecule has 0 amide bonds. The molecule has 84 valence electrons. The van der Waals surface area contributed by atoms with Crippen LogP contribution in [0.25, 0.3) is 0 Å². The lowest BCUT2D eigenvalue weighted by Gasteiger charge is -2.40. The molecule has 2 nitrogen and oxygen atoms in total. The molecule has 0 saturated heterocycles. The molecular formula is C12H26N2. The van der Waals surface area contributed by atoms with Crippen LogP contribution in [0.5, 0.6) is 0 Å². The molecule has 0 spiro atoms. The zero-order chi connectivity index (χ0) is 10.7. The minimum absolute atomic E-state index is 0.296. The van der Waals surface area contributed by atoms with Crippen molar-refractivity contribution >= 4 is 0 Å². The zero-order valence-corrected chi connectivity index (χ0v) is 10.2. The number of hydrogen-bond donors (Lipinski definition) is 1. The van der Waals surface area contributed by atoms with Crippen LogP contribution in [0, 0.1) is 11.8 Å². The third-order valence-electron chi connectivity index (χ3n) is 3.81. The lowest BCUT2D eigenvalue weighted by molar-refractivity contribution is 0.0993. The van der Waals surface area contributed by atoms with E-state index in [-0.39, 0.29) is 0 Å². The minimum atomic E-state index is 0.296. The monoisotopic (exact) mass is 198 g/mol. The van der Waals surface area contributed by atoms with Gasteiger partial charge in [-0.05, 0) is 32.2 Å². The number of likely N-dealkylation sites (N-methyl/N-ethyl adjacent to an activating group) is 1. The molecule has 1 aliphatic carbocycles. The van der Waals surface area contributed by atoms with Gasteiger partial charge in [0.05, 0.1) is 0 Å². The first-order chi connectivity index (χ1) is 6.52. The predicted molar refractivity (Wildman–Crippen MR) is 62.2 cm³/mol. The summed E-state index contributed by atoms with van der Waals surface area (Å²) in [5.41, 5.74) is 5.84. The molecule has 1 fully saturated rings. The van der Waals surface area contributed by atoms with Crippen LogP contribution in [0.4, 0.5) is 0 Å². The fourth-order valence-corrected chi connectivity index (χ4v) is 2.77. The molecule has 1 saturated carbocycles. The van der Waals surface area contributed by atoms with Crippen LogP contribution >= 0.6 is 0 Å². The van der Waals surface area contributed by atoms with E-state index in [0.29, 0.717) is 6.04 Å². The first-order valence-corrected chi connectivity index (χ1v) is 5.98. The Labute approximate surface area is 88.8 Å². The number of hydrogen-bond acceptors (Lipinski definition) is 2. The molecule has 4 atom stereocenters. The van der Waals surface area contributed by atoms with E-state index in [1.165, 1.54) is 19.3 Å². The quantitative estimate of drug-likeness (QED) is 0.752. The molecule has 14 heavy (non-hydrogen) atoms. The highest BCUT2D eigenvalue weighted by Gasteiger charge is 2.29. The molecule has 0 radical (unpaired) electrons. The Morgan fingerprint density at radius 3 is 2.57 bits per heavy atom. The zero-order valence-electron chi connectivity index (χ0n) is 10.2. The summed E-state index contributed by atoms with van der Waals surface area (Å²) in [6.45, 7) is 7.90. The molecule has 2 heteroatoms. The van der Waals surface area contributed by atoms with Crippen molar-refractivity contribution in [2.24, 2.45) is 17.6 Å². The van der Waals surface area contributed by atoms with Gasteiger partial charge < -0.3 is 10.6 Å². The SMILES string of the molecule is CC(N)CN(C)C1CCCC(C)C1C. The molecular weight excluding hydrogens is 172 g/mol. The first-order valence-electron chi connectivity index (χ1n) is 5.98. The molecule has 1 aliphatic rings. The van der Waals surface area contributed by atoms with Crippen molar-refractivity contribution in [3.63, 3.8) is 0 Å². The highest BCUT2D eigenvalue weighted by Crippen LogP contribution is 2.32. The summed E-state index contributed by atoms with van der Waals surface area (Å²) in [5.74, 6) is 1.71. The Bertz CT molecular complexity index is 168. The Balaban J connectivity index is 2.48. The van der Waals surface area contributed by atoms with Gasteiger partial charge in [-0.3, -0.25) is 0 Å². The lowest BCUT2D eigenvalue weighted by Crippen LogP contribution is -2.46. The fourth-order valence-electron chi connectivity index (χ4n) is 2.77. The maximum Gasteiger partial charge on any atom is 0.0139 e. The standard InChI is InChI=1S/C12H26N2/c1-9-6-5-7-12(11(9)3)14(4)8-10(2)13/h9-12H,5-8,13H2,1-4H3. The van der Waals surface area contributed by atoms with Gasteiger partial charge >= 0.3 is 0 Å². The fraction of sp³-hybridized carbons (Fsp3) is 1.00. The van der Waals surface area contributed by atoms with E-state index in [0.717, 1.165) is 24.4 Å². The molecule has 0 aliphatic heterocycles. The largest absolute Gasteiger partial charge is 0.327 e. The summed E-state index contributed by atoms with van der Waals surface area (Å²) < 4.78 is 0. The van der Waals surface area contributed by atoms with Crippen LogP contribution in [0.1, 0.15) is 40.0 Å². The van der Waals surface area contributed by atoms with Gasteiger partial charge in [0.25, 0.3) is 0 Å². The van der Waals surface area contributed by atoms with Crippen molar-refractivity contribution in [1.29, 1.82) is 0 Å². The van der Waals surface area contributed by atoms with Gasteiger partial charge in [-0.1, -0.05) is 26.7 Å². The summed E-state index contributed by atoms with van der Waals surface area (Å²) in [5, 5.41) is 0. The highest BCUT2D eigenvalue weighted by atomic mass is 15.1. The number of nitrogens with zero attached hydrogens (tertiary/aromatic N) is 1. The molecule has 0 heterocycles. The normalized spacial score (nSPS) is 36.0. The van der Waals surface area contributed by atoms with Crippen molar-refractivity contribution in [2.45, 2.75) is 52.1 Å². The van der Waals surface area contributed by atoms with Crippen LogP contribution in [0.2, 0.25) is 0 Å². The van der Waals surface area contributed by atoms with E-state index in [1.807, 2.05) is 0 Å².